The first kappa shape index (κ1) is 16.1. The summed E-state index contributed by atoms with van der Waals surface area (Å²) in [4.78, 5) is 12.8. The number of aryl methyl sites for hydroxylation is 1. The summed E-state index contributed by atoms with van der Waals surface area (Å²) < 4.78 is 2.64. The van der Waals surface area contributed by atoms with E-state index in [0.717, 1.165) is 26.0 Å². The van der Waals surface area contributed by atoms with E-state index in [4.69, 9.17) is 0 Å². The molecule has 120 valence electrons. The number of benzene rings is 1. The van der Waals surface area contributed by atoms with Crippen LogP contribution in [0.15, 0.2) is 28.7 Å². The summed E-state index contributed by atoms with van der Waals surface area (Å²) in [5.74, 6) is 1.07. The first-order chi connectivity index (χ1) is 11.0. The normalized spacial score (nSPS) is 11.3. The number of halogens is 1. The number of fused-ring (bicyclic) bond motifs is 1. The van der Waals surface area contributed by atoms with Crippen LogP contribution >= 0.6 is 27.3 Å². The molecule has 0 fully saturated rings. The summed E-state index contributed by atoms with van der Waals surface area (Å²) in [5, 5.41) is 16.6. The Labute approximate surface area is 146 Å². The van der Waals surface area contributed by atoms with Crippen molar-refractivity contribution in [3.63, 3.8) is 0 Å². The molecule has 0 aliphatic carbocycles. The average molecular weight is 394 g/mol. The molecule has 23 heavy (non-hydrogen) atoms. The lowest BCUT2D eigenvalue weighted by Gasteiger charge is -2.06. The third-order valence-corrected chi connectivity index (χ3v) is 4.94. The largest absolute Gasteiger partial charge is 0.325 e. The number of rotatable bonds is 5. The molecule has 0 saturated heterocycles. The maximum absolute atomic E-state index is 12.1. The number of aromatic nitrogens is 4. The second kappa shape index (κ2) is 6.76. The first-order valence-corrected chi connectivity index (χ1v) is 8.91. The molecule has 3 aromatic rings. The fourth-order valence-corrected chi connectivity index (χ4v) is 3.35. The molecular weight excluding hydrogens is 378 g/mol. The van der Waals surface area contributed by atoms with E-state index in [1.807, 2.05) is 24.3 Å². The SMILES string of the molecule is CC(C)c1nnc2sc(CCC(=O)Nc3ccccc3Br)nn12. The number of amides is 1. The molecule has 3 rings (SSSR count). The number of carbonyl (C=O) groups excluding carboxylic acids is 1. The molecule has 2 aromatic heterocycles. The molecule has 0 radical (unpaired) electrons. The molecule has 0 spiro atoms. The summed E-state index contributed by atoms with van der Waals surface area (Å²) in [6, 6.07) is 7.55. The van der Waals surface area contributed by atoms with Gasteiger partial charge in [-0.05, 0) is 28.1 Å². The van der Waals surface area contributed by atoms with Crippen molar-refractivity contribution in [3.8, 4) is 0 Å². The minimum atomic E-state index is -0.0352. The predicted octanol–water partition coefficient (Wildman–Crippen LogP) is 3.64. The Morgan fingerprint density at radius 2 is 2.13 bits per heavy atom. The van der Waals surface area contributed by atoms with Gasteiger partial charge in [0.05, 0.1) is 5.69 Å². The molecule has 0 saturated carbocycles. The van der Waals surface area contributed by atoms with Gasteiger partial charge in [-0.1, -0.05) is 37.3 Å². The van der Waals surface area contributed by atoms with Gasteiger partial charge in [-0.2, -0.15) is 9.61 Å². The lowest BCUT2D eigenvalue weighted by atomic mass is 10.2. The van der Waals surface area contributed by atoms with E-state index >= 15 is 0 Å². The van der Waals surface area contributed by atoms with Gasteiger partial charge < -0.3 is 5.32 Å². The minimum absolute atomic E-state index is 0.0352. The Bertz CT molecular complexity index is 841. The zero-order valence-corrected chi connectivity index (χ0v) is 15.2. The van der Waals surface area contributed by atoms with Gasteiger partial charge in [-0.25, -0.2) is 0 Å². The summed E-state index contributed by atoms with van der Waals surface area (Å²) in [6.45, 7) is 4.11. The van der Waals surface area contributed by atoms with Gasteiger partial charge in [0, 0.05) is 23.2 Å². The maximum atomic E-state index is 12.1. The van der Waals surface area contributed by atoms with E-state index in [1.165, 1.54) is 11.3 Å². The Kier molecular flexibility index (Phi) is 4.72. The molecular formula is C15H16BrN5OS. The third-order valence-electron chi connectivity index (χ3n) is 3.29. The van der Waals surface area contributed by atoms with Crippen LogP contribution in [0, 0.1) is 0 Å². The van der Waals surface area contributed by atoms with E-state index in [9.17, 15) is 4.79 Å². The van der Waals surface area contributed by atoms with Crippen molar-refractivity contribution in [3.05, 3.63) is 39.6 Å². The van der Waals surface area contributed by atoms with Crippen LogP contribution in [0.4, 0.5) is 5.69 Å². The van der Waals surface area contributed by atoms with Gasteiger partial charge in [0.1, 0.15) is 5.01 Å². The summed E-state index contributed by atoms with van der Waals surface area (Å²) in [5.41, 5.74) is 0.776. The standard InChI is InChI=1S/C15H16BrN5OS/c1-9(2)14-18-19-15-21(14)20-13(23-15)8-7-12(22)17-11-6-4-3-5-10(11)16/h3-6,9H,7-8H2,1-2H3,(H,17,22). The number of nitrogens with zero attached hydrogens (tertiary/aromatic N) is 4. The molecule has 0 aliphatic rings. The highest BCUT2D eigenvalue weighted by Gasteiger charge is 2.15. The van der Waals surface area contributed by atoms with Gasteiger partial charge in [0.2, 0.25) is 10.9 Å². The van der Waals surface area contributed by atoms with Crippen LogP contribution in [0.25, 0.3) is 4.96 Å². The minimum Gasteiger partial charge on any atom is -0.325 e. The Morgan fingerprint density at radius 3 is 2.87 bits per heavy atom. The van der Waals surface area contributed by atoms with Crippen LogP contribution in [-0.2, 0) is 11.2 Å². The van der Waals surface area contributed by atoms with Crippen molar-refractivity contribution < 1.29 is 4.79 Å². The molecule has 6 nitrogen and oxygen atoms in total. The summed E-state index contributed by atoms with van der Waals surface area (Å²) in [6.07, 6.45) is 0.963. The van der Waals surface area contributed by atoms with E-state index in [1.54, 1.807) is 4.52 Å². The lowest BCUT2D eigenvalue weighted by Crippen LogP contribution is -2.12. The number of carbonyl (C=O) groups is 1. The summed E-state index contributed by atoms with van der Waals surface area (Å²) in [7, 11) is 0. The van der Waals surface area contributed by atoms with Gasteiger partial charge >= 0.3 is 0 Å². The quantitative estimate of drug-likeness (QED) is 0.717. The Morgan fingerprint density at radius 1 is 1.35 bits per heavy atom. The third kappa shape index (κ3) is 3.59. The van der Waals surface area contributed by atoms with Gasteiger partial charge in [0.25, 0.3) is 0 Å². The zero-order chi connectivity index (χ0) is 16.4. The summed E-state index contributed by atoms with van der Waals surface area (Å²) >= 11 is 4.89. The van der Waals surface area contributed by atoms with E-state index < -0.39 is 0 Å². The first-order valence-electron chi connectivity index (χ1n) is 7.30. The number of hydrogen-bond donors (Lipinski definition) is 1. The highest BCUT2D eigenvalue weighted by molar-refractivity contribution is 9.10. The van der Waals surface area contributed by atoms with Crippen molar-refractivity contribution in [2.45, 2.75) is 32.6 Å². The molecule has 1 amide bonds. The fraction of sp³-hybridized carbons (Fsp3) is 0.333. The number of anilines is 1. The van der Waals surface area contributed by atoms with Gasteiger partial charge in [-0.3, -0.25) is 4.79 Å². The fourth-order valence-electron chi connectivity index (χ4n) is 2.13. The second-order valence-electron chi connectivity index (χ2n) is 5.43. The second-order valence-corrected chi connectivity index (χ2v) is 7.33. The molecule has 8 heteroatoms. The van der Waals surface area contributed by atoms with E-state index in [-0.39, 0.29) is 11.8 Å². The Hall–Kier alpha value is -1.80. The van der Waals surface area contributed by atoms with Crippen molar-refractivity contribution in [2.75, 3.05) is 5.32 Å². The van der Waals surface area contributed by atoms with Gasteiger partial charge in [0.15, 0.2) is 5.82 Å². The monoisotopic (exact) mass is 393 g/mol. The van der Waals surface area contributed by atoms with E-state index in [2.05, 4.69) is 50.4 Å². The van der Waals surface area contributed by atoms with E-state index in [0.29, 0.717) is 12.8 Å². The van der Waals surface area contributed by atoms with Crippen LogP contribution in [0.1, 0.15) is 37.0 Å². The molecule has 0 atom stereocenters. The van der Waals surface area contributed by atoms with Crippen molar-refractivity contribution >= 4 is 43.8 Å². The number of hydrogen-bond acceptors (Lipinski definition) is 5. The smallest absolute Gasteiger partial charge is 0.234 e. The van der Waals surface area contributed by atoms with Crippen LogP contribution < -0.4 is 5.32 Å². The lowest BCUT2D eigenvalue weighted by molar-refractivity contribution is -0.116. The molecule has 0 bridgehead atoms. The predicted molar refractivity (Wildman–Crippen MR) is 93.8 cm³/mol. The van der Waals surface area contributed by atoms with Crippen molar-refractivity contribution in [1.29, 1.82) is 0 Å². The molecule has 1 N–H and O–H groups in total. The van der Waals surface area contributed by atoms with Gasteiger partial charge in [-0.15, -0.1) is 10.2 Å². The van der Waals surface area contributed by atoms with Crippen LogP contribution in [0.5, 0.6) is 0 Å². The topological polar surface area (TPSA) is 72.2 Å². The van der Waals surface area contributed by atoms with Crippen LogP contribution in [-0.4, -0.2) is 25.7 Å². The molecule has 1 aromatic carbocycles. The highest BCUT2D eigenvalue weighted by atomic mass is 79.9. The average Bonchev–Trinajstić information content (AvgIpc) is 3.07. The molecule has 0 unspecified atom stereocenters. The van der Waals surface area contributed by atoms with Crippen molar-refractivity contribution in [2.24, 2.45) is 0 Å². The molecule has 2 heterocycles. The highest BCUT2D eigenvalue weighted by Crippen LogP contribution is 2.22. The van der Waals surface area contributed by atoms with Crippen LogP contribution in [0.3, 0.4) is 0 Å². The number of para-hydroxylation sites is 1. The number of nitrogens with one attached hydrogen (secondary N) is 1. The zero-order valence-electron chi connectivity index (χ0n) is 12.8. The maximum Gasteiger partial charge on any atom is 0.234 e. The Balaban J connectivity index is 1.64. The van der Waals surface area contributed by atoms with Crippen LogP contribution in [0.2, 0.25) is 0 Å². The molecule has 0 aliphatic heterocycles. The van der Waals surface area contributed by atoms with Crippen molar-refractivity contribution in [1.82, 2.24) is 19.8 Å².